The second kappa shape index (κ2) is 8.85. The van der Waals surface area contributed by atoms with E-state index in [2.05, 4.69) is 9.88 Å². The van der Waals surface area contributed by atoms with Crippen LogP contribution in [0.15, 0.2) is 66.9 Å². The Balaban J connectivity index is 1.72. The molecule has 1 aliphatic heterocycles. The summed E-state index contributed by atoms with van der Waals surface area (Å²) in [7, 11) is 0. The lowest BCUT2D eigenvalue weighted by Crippen LogP contribution is -2.38. The highest BCUT2D eigenvalue weighted by molar-refractivity contribution is 6.30. The molecule has 0 saturated carbocycles. The molecule has 2 heterocycles. The van der Waals surface area contributed by atoms with Gasteiger partial charge in [-0.25, -0.2) is 4.39 Å². The highest BCUT2D eigenvalue weighted by atomic mass is 35.5. The van der Waals surface area contributed by atoms with Crippen molar-refractivity contribution < 1.29 is 9.18 Å². The van der Waals surface area contributed by atoms with Crippen LogP contribution in [0, 0.1) is 5.82 Å². The molecule has 3 nitrogen and oxygen atoms in total. The number of aromatic nitrogens is 1. The van der Waals surface area contributed by atoms with Gasteiger partial charge in [0.05, 0.1) is 5.69 Å². The molecule has 2 aromatic carbocycles. The van der Waals surface area contributed by atoms with E-state index < -0.39 is 6.04 Å². The molecule has 1 saturated heterocycles. The van der Waals surface area contributed by atoms with Crippen molar-refractivity contribution in [2.75, 3.05) is 13.1 Å². The van der Waals surface area contributed by atoms with Gasteiger partial charge in [0.2, 0.25) is 0 Å². The van der Waals surface area contributed by atoms with Crippen molar-refractivity contribution in [3.63, 3.8) is 0 Å². The number of pyridine rings is 1. The fourth-order valence-electron chi connectivity index (χ4n) is 3.86. The van der Waals surface area contributed by atoms with Crippen LogP contribution in [-0.4, -0.2) is 28.8 Å². The van der Waals surface area contributed by atoms with Crippen molar-refractivity contribution in [2.45, 2.75) is 25.3 Å². The second-order valence-corrected chi connectivity index (χ2v) is 7.78. The van der Waals surface area contributed by atoms with Crippen LogP contribution >= 0.6 is 11.6 Å². The summed E-state index contributed by atoms with van der Waals surface area (Å²) in [6.45, 7) is 1.74. The number of rotatable bonds is 5. The number of piperidine rings is 1. The third-order valence-electron chi connectivity index (χ3n) is 5.37. The minimum absolute atomic E-state index is 0.0207. The maximum absolute atomic E-state index is 13.5. The first kappa shape index (κ1) is 19.7. The van der Waals surface area contributed by atoms with Crippen LogP contribution in [0.2, 0.25) is 5.02 Å². The van der Waals surface area contributed by atoms with Gasteiger partial charge in [-0.2, -0.15) is 0 Å². The number of Topliss-reactive ketones (excluding diaryl/α,β-unsaturated/α-hetero) is 1. The summed E-state index contributed by atoms with van der Waals surface area (Å²) in [6, 6.07) is 16.8. The molecule has 0 spiro atoms. The Labute approximate surface area is 175 Å². The number of nitrogens with zero attached hydrogens (tertiary/aromatic N) is 2. The van der Waals surface area contributed by atoms with E-state index in [4.69, 9.17) is 11.6 Å². The van der Waals surface area contributed by atoms with Crippen LogP contribution in [0.1, 0.15) is 41.4 Å². The maximum atomic E-state index is 13.5. The van der Waals surface area contributed by atoms with Crippen LogP contribution in [-0.2, 0) is 0 Å². The summed E-state index contributed by atoms with van der Waals surface area (Å²) in [5.41, 5.74) is 3.15. The molecule has 1 aliphatic rings. The van der Waals surface area contributed by atoms with Crippen LogP contribution in [0.4, 0.5) is 4.39 Å². The number of likely N-dealkylation sites (tertiary alicyclic amines) is 1. The Kier molecular flexibility index (Phi) is 6.02. The first-order valence-corrected chi connectivity index (χ1v) is 10.3. The lowest BCUT2D eigenvalue weighted by Gasteiger charge is -2.33. The molecular weight excluding hydrogens is 387 g/mol. The highest BCUT2D eigenvalue weighted by Gasteiger charge is 2.30. The molecule has 148 valence electrons. The van der Waals surface area contributed by atoms with Crippen LogP contribution in [0.3, 0.4) is 0 Å². The Bertz CT molecular complexity index is 983. The predicted octanol–water partition coefficient (Wildman–Crippen LogP) is 5.95. The number of carbonyl (C=O) groups is 1. The van der Waals surface area contributed by atoms with E-state index in [9.17, 15) is 9.18 Å². The van der Waals surface area contributed by atoms with Crippen LogP contribution in [0.5, 0.6) is 0 Å². The van der Waals surface area contributed by atoms with E-state index in [1.54, 1.807) is 42.6 Å². The van der Waals surface area contributed by atoms with E-state index in [-0.39, 0.29) is 11.6 Å². The standard InChI is InChI=1S/C24H22ClFN2O/c25-20-8-4-18(5-9-20)24(29)23(28-14-2-1-3-15-28)22-16-19(12-13-27-22)17-6-10-21(26)11-7-17/h4-13,16,23H,1-3,14-15H2. The number of carbonyl (C=O) groups excluding carboxylic acids is 1. The first-order valence-electron chi connectivity index (χ1n) is 9.87. The lowest BCUT2D eigenvalue weighted by molar-refractivity contribution is 0.0776. The summed E-state index contributed by atoms with van der Waals surface area (Å²) in [4.78, 5) is 20.3. The quantitative estimate of drug-likeness (QED) is 0.489. The Hall–Kier alpha value is -2.56. The number of hydrogen-bond donors (Lipinski definition) is 0. The minimum atomic E-state index is -0.447. The molecule has 29 heavy (non-hydrogen) atoms. The van der Waals surface area contributed by atoms with Gasteiger partial charge in [-0.1, -0.05) is 30.2 Å². The number of benzene rings is 2. The van der Waals surface area contributed by atoms with E-state index in [1.807, 2.05) is 12.1 Å². The molecular formula is C24H22ClFN2O. The molecule has 0 bridgehead atoms. The third kappa shape index (κ3) is 4.55. The van der Waals surface area contributed by atoms with Crippen molar-refractivity contribution in [1.82, 2.24) is 9.88 Å². The molecule has 0 radical (unpaired) electrons. The molecule has 4 rings (SSSR count). The van der Waals surface area contributed by atoms with Gasteiger partial charge in [0.15, 0.2) is 5.78 Å². The van der Waals surface area contributed by atoms with Crippen LogP contribution < -0.4 is 0 Å². The van der Waals surface area contributed by atoms with E-state index in [1.165, 1.54) is 18.6 Å². The van der Waals surface area contributed by atoms with E-state index >= 15 is 0 Å². The summed E-state index contributed by atoms with van der Waals surface area (Å²) >= 11 is 6.00. The molecule has 3 aromatic rings. The van der Waals surface area contributed by atoms with Crippen molar-refractivity contribution >= 4 is 17.4 Å². The zero-order valence-electron chi connectivity index (χ0n) is 16.0. The van der Waals surface area contributed by atoms with Gasteiger partial charge < -0.3 is 0 Å². The Morgan fingerprint density at radius 1 is 0.931 bits per heavy atom. The average Bonchev–Trinajstić information content (AvgIpc) is 2.76. The van der Waals surface area contributed by atoms with Gasteiger partial charge in [-0.05, 0) is 85.6 Å². The molecule has 5 heteroatoms. The number of halogens is 2. The lowest BCUT2D eigenvalue weighted by atomic mass is 9.95. The van der Waals surface area contributed by atoms with Crippen molar-refractivity contribution in [3.05, 3.63) is 89.0 Å². The van der Waals surface area contributed by atoms with E-state index in [0.29, 0.717) is 16.3 Å². The SMILES string of the molecule is O=C(c1ccc(Cl)cc1)C(c1cc(-c2ccc(F)cc2)ccn1)N1CCCCC1. The van der Waals surface area contributed by atoms with Gasteiger partial charge in [-0.15, -0.1) is 0 Å². The molecule has 0 N–H and O–H groups in total. The van der Waals surface area contributed by atoms with Gasteiger partial charge in [0, 0.05) is 16.8 Å². The normalized spacial score (nSPS) is 15.8. The number of hydrogen-bond acceptors (Lipinski definition) is 3. The van der Waals surface area contributed by atoms with Crippen molar-refractivity contribution in [1.29, 1.82) is 0 Å². The Morgan fingerprint density at radius 3 is 2.31 bits per heavy atom. The predicted molar refractivity (Wildman–Crippen MR) is 114 cm³/mol. The zero-order valence-corrected chi connectivity index (χ0v) is 16.8. The number of ketones is 1. The van der Waals surface area contributed by atoms with Gasteiger partial charge in [0.25, 0.3) is 0 Å². The molecule has 1 unspecified atom stereocenters. The monoisotopic (exact) mass is 408 g/mol. The summed E-state index contributed by atoms with van der Waals surface area (Å²) < 4.78 is 13.3. The summed E-state index contributed by atoms with van der Waals surface area (Å²) in [5.74, 6) is -0.250. The van der Waals surface area contributed by atoms with Crippen molar-refractivity contribution in [3.8, 4) is 11.1 Å². The van der Waals surface area contributed by atoms with Crippen LogP contribution in [0.25, 0.3) is 11.1 Å². The smallest absolute Gasteiger partial charge is 0.186 e. The third-order valence-corrected chi connectivity index (χ3v) is 5.62. The second-order valence-electron chi connectivity index (χ2n) is 7.35. The minimum Gasteiger partial charge on any atom is -0.292 e. The molecule has 1 fully saturated rings. The fourth-order valence-corrected chi connectivity index (χ4v) is 3.98. The molecule has 1 atom stereocenters. The van der Waals surface area contributed by atoms with Gasteiger partial charge >= 0.3 is 0 Å². The first-order chi connectivity index (χ1) is 14.1. The largest absolute Gasteiger partial charge is 0.292 e. The summed E-state index contributed by atoms with van der Waals surface area (Å²) in [5, 5.41) is 0.604. The average molecular weight is 409 g/mol. The topological polar surface area (TPSA) is 33.2 Å². The fraction of sp³-hybridized carbons (Fsp3) is 0.250. The van der Waals surface area contributed by atoms with Gasteiger partial charge in [-0.3, -0.25) is 14.7 Å². The zero-order chi connectivity index (χ0) is 20.2. The highest BCUT2D eigenvalue weighted by Crippen LogP contribution is 2.30. The maximum Gasteiger partial charge on any atom is 0.186 e. The van der Waals surface area contributed by atoms with E-state index in [0.717, 1.165) is 37.1 Å². The summed E-state index contributed by atoms with van der Waals surface area (Å²) in [6.07, 6.45) is 5.05. The Morgan fingerprint density at radius 2 is 1.62 bits per heavy atom. The molecule has 1 aromatic heterocycles. The van der Waals surface area contributed by atoms with Gasteiger partial charge in [0.1, 0.15) is 11.9 Å². The molecule has 0 amide bonds. The van der Waals surface area contributed by atoms with Crippen molar-refractivity contribution in [2.24, 2.45) is 0 Å². The molecule has 0 aliphatic carbocycles.